The predicted molar refractivity (Wildman–Crippen MR) is 103 cm³/mol. The monoisotopic (exact) mass is 345 g/mol. The summed E-state index contributed by atoms with van der Waals surface area (Å²) in [6, 6.07) is 18.7. The third-order valence-corrected chi connectivity index (χ3v) is 3.53. The van der Waals surface area contributed by atoms with Crippen molar-refractivity contribution >= 4 is 23.4 Å². The Hall–Kier alpha value is -3.54. The van der Waals surface area contributed by atoms with Crippen molar-refractivity contribution in [3.05, 3.63) is 84.7 Å². The van der Waals surface area contributed by atoms with Gasteiger partial charge in [-0.1, -0.05) is 54.6 Å². The van der Waals surface area contributed by atoms with E-state index in [-0.39, 0.29) is 12.2 Å². The topological polar surface area (TPSA) is 79.8 Å². The zero-order valence-corrected chi connectivity index (χ0v) is 14.2. The second-order valence-electron chi connectivity index (χ2n) is 5.53. The Labute approximate surface area is 152 Å². The third kappa shape index (κ3) is 4.73. The van der Waals surface area contributed by atoms with Crippen LogP contribution in [-0.4, -0.2) is 27.3 Å². The van der Waals surface area contributed by atoms with Crippen molar-refractivity contribution in [1.82, 2.24) is 15.0 Å². The van der Waals surface area contributed by atoms with Gasteiger partial charge in [-0.2, -0.15) is 15.0 Å². The summed E-state index contributed by atoms with van der Waals surface area (Å²) in [4.78, 5) is 25.5. The molecule has 130 valence electrons. The first-order valence-corrected chi connectivity index (χ1v) is 8.24. The molecule has 0 aliphatic rings. The molecule has 0 amide bonds. The van der Waals surface area contributed by atoms with Crippen LogP contribution in [0.5, 0.6) is 0 Å². The van der Waals surface area contributed by atoms with Crippen molar-refractivity contribution < 1.29 is 4.79 Å². The van der Waals surface area contributed by atoms with Gasteiger partial charge in [0.15, 0.2) is 5.78 Å². The molecule has 0 fully saturated rings. The minimum absolute atomic E-state index is 0.0443. The predicted octanol–water partition coefficient (Wildman–Crippen LogP) is 3.64. The van der Waals surface area contributed by atoms with Crippen molar-refractivity contribution in [2.75, 3.05) is 17.2 Å². The van der Waals surface area contributed by atoms with Gasteiger partial charge in [-0.05, 0) is 12.1 Å². The normalized spacial score (nSPS) is 10.2. The van der Waals surface area contributed by atoms with Gasteiger partial charge in [0.05, 0.1) is 6.42 Å². The molecule has 0 aliphatic heterocycles. The summed E-state index contributed by atoms with van der Waals surface area (Å²) in [6.45, 7) is 4.19. The third-order valence-electron chi connectivity index (χ3n) is 3.53. The molecule has 0 saturated heterocycles. The molecule has 1 heterocycles. The number of hydrogen-bond donors (Lipinski definition) is 2. The van der Waals surface area contributed by atoms with Gasteiger partial charge >= 0.3 is 0 Å². The average molecular weight is 345 g/mol. The van der Waals surface area contributed by atoms with Gasteiger partial charge in [0.25, 0.3) is 0 Å². The fraction of sp³-hybridized carbons (Fsp3) is 0.100. The summed E-state index contributed by atoms with van der Waals surface area (Å²) in [5.74, 6) is 1.14. The maximum absolute atomic E-state index is 12.5. The van der Waals surface area contributed by atoms with Crippen molar-refractivity contribution in [3.63, 3.8) is 0 Å². The molecule has 0 atom stereocenters. The molecule has 2 aromatic carbocycles. The molecule has 0 saturated carbocycles. The first-order chi connectivity index (χ1) is 12.7. The Bertz CT molecular complexity index is 881. The lowest BCUT2D eigenvalue weighted by molar-refractivity contribution is 0.0991. The standard InChI is InChI=1S/C20H19N5O/c1-2-13-21-19-23-18(14-17(26)15-9-5-3-6-10-15)24-20(25-19)22-16-11-7-4-8-12-16/h2-12H,1,13-14H2,(H2,21,22,23,24,25). The van der Waals surface area contributed by atoms with Crippen LogP contribution >= 0.6 is 0 Å². The maximum Gasteiger partial charge on any atom is 0.232 e. The Morgan fingerprint density at radius 3 is 2.27 bits per heavy atom. The summed E-state index contributed by atoms with van der Waals surface area (Å²) in [7, 11) is 0. The molecule has 3 rings (SSSR count). The van der Waals surface area contributed by atoms with E-state index in [1.54, 1.807) is 18.2 Å². The second-order valence-corrected chi connectivity index (χ2v) is 5.53. The lowest BCUT2D eigenvalue weighted by Gasteiger charge is -2.09. The highest BCUT2D eigenvalue weighted by molar-refractivity contribution is 5.97. The van der Waals surface area contributed by atoms with E-state index in [9.17, 15) is 4.79 Å². The van der Waals surface area contributed by atoms with Gasteiger partial charge in [0.2, 0.25) is 11.9 Å². The summed E-state index contributed by atoms with van der Waals surface area (Å²) in [5.41, 5.74) is 1.49. The number of hydrogen-bond acceptors (Lipinski definition) is 6. The van der Waals surface area contributed by atoms with E-state index in [2.05, 4.69) is 32.2 Å². The number of para-hydroxylation sites is 1. The SMILES string of the molecule is C=CCNc1nc(CC(=O)c2ccccc2)nc(Nc2ccccc2)n1. The molecule has 0 radical (unpaired) electrons. The minimum Gasteiger partial charge on any atom is -0.351 e. The van der Waals surface area contributed by atoms with Gasteiger partial charge in [-0.3, -0.25) is 4.79 Å². The van der Waals surface area contributed by atoms with Crippen LogP contribution < -0.4 is 10.6 Å². The Morgan fingerprint density at radius 2 is 1.58 bits per heavy atom. The number of Topliss-reactive ketones (excluding diaryl/α,β-unsaturated/α-hetero) is 1. The van der Waals surface area contributed by atoms with E-state index in [0.29, 0.717) is 29.8 Å². The summed E-state index contributed by atoms with van der Waals surface area (Å²) < 4.78 is 0. The first kappa shape index (κ1) is 17.3. The van der Waals surface area contributed by atoms with E-state index in [0.717, 1.165) is 5.69 Å². The van der Waals surface area contributed by atoms with Crippen molar-refractivity contribution in [2.24, 2.45) is 0 Å². The fourth-order valence-electron chi connectivity index (χ4n) is 2.32. The van der Waals surface area contributed by atoms with Crippen LogP contribution in [0.4, 0.5) is 17.6 Å². The van der Waals surface area contributed by atoms with Gasteiger partial charge in [-0.15, -0.1) is 6.58 Å². The van der Waals surface area contributed by atoms with Crippen LogP contribution in [0, 0.1) is 0 Å². The van der Waals surface area contributed by atoms with E-state index in [1.807, 2.05) is 48.5 Å². The lowest BCUT2D eigenvalue weighted by atomic mass is 10.1. The van der Waals surface area contributed by atoms with E-state index in [4.69, 9.17) is 0 Å². The quantitative estimate of drug-likeness (QED) is 0.479. The summed E-state index contributed by atoms with van der Waals surface area (Å²) >= 11 is 0. The average Bonchev–Trinajstić information content (AvgIpc) is 2.67. The molecular formula is C20H19N5O. The van der Waals surface area contributed by atoms with Crippen LogP contribution in [0.1, 0.15) is 16.2 Å². The van der Waals surface area contributed by atoms with Gasteiger partial charge < -0.3 is 10.6 Å². The molecule has 6 nitrogen and oxygen atoms in total. The number of ketones is 1. The molecule has 0 aliphatic carbocycles. The van der Waals surface area contributed by atoms with Crippen LogP contribution in [0.15, 0.2) is 73.3 Å². The number of carbonyl (C=O) groups is 1. The van der Waals surface area contributed by atoms with E-state index < -0.39 is 0 Å². The molecule has 26 heavy (non-hydrogen) atoms. The number of benzene rings is 2. The van der Waals surface area contributed by atoms with E-state index >= 15 is 0 Å². The Balaban J connectivity index is 1.84. The molecule has 0 spiro atoms. The zero-order valence-electron chi connectivity index (χ0n) is 14.2. The van der Waals surface area contributed by atoms with Gasteiger partial charge in [0, 0.05) is 17.8 Å². The molecule has 0 unspecified atom stereocenters. The highest BCUT2D eigenvalue weighted by atomic mass is 16.1. The number of aromatic nitrogens is 3. The molecule has 3 aromatic rings. The van der Waals surface area contributed by atoms with Gasteiger partial charge in [0.1, 0.15) is 5.82 Å². The van der Waals surface area contributed by atoms with Crippen molar-refractivity contribution in [3.8, 4) is 0 Å². The van der Waals surface area contributed by atoms with Crippen molar-refractivity contribution in [1.29, 1.82) is 0 Å². The number of nitrogens with zero attached hydrogens (tertiary/aromatic N) is 3. The highest BCUT2D eigenvalue weighted by Gasteiger charge is 2.12. The second kappa shape index (κ2) is 8.53. The van der Waals surface area contributed by atoms with E-state index in [1.165, 1.54) is 0 Å². The first-order valence-electron chi connectivity index (χ1n) is 8.24. The summed E-state index contributed by atoms with van der Waals surface area (Å²) in [5, 5.41) is 6.18. The summed E-state index contributed by atoms with van der Waals surface area (Å²) in [6.07, 6.45) is 1.81. The minimum atomic E-state index is -0.0443. The Kier molecular flexibility index (Phi) is 5.67. The number of anilines is 3. The number of nitrogens with one attached hydrogen (secondary N) is 2. The highest BCUT2D eigenvalue weighted by Crippen LogP contribution is 2.14. The van der Waals surface area contributed by atoms with Crippen LogP contribution in [0.25, 0.3) is 0 Å². The number of carbonyl (C=O) groups excluding carboxylic acids is 1. The van der Waals surface area contributed by atoms with Crippen molar-refractivity contribution in [2.45, 2.75) is 6.42 Å². The van der Waals surface area contributed by atoms with Crippen LogP contribution in [0.3, 0.4) is 0 Å². The molecule has 2 N–H and O–H groups in total. The smallest absolute Gasteiger partial charge is 0.232 e. The maximum atomic E-state index is 12.5. The molecule has 0 bridgehead atoms. The van der Waals surface area contributed by atoms with Crippen LogP contribution in [0.2, 0.25) is 0 Å². The zero-order chi connectivity index (χ0) is 18.2. The fourth-order valence-corrected chi connectivity index (χ4v) is 2.32. The molecule has 1 aromatic heterocycles. The van der Waals surface area contributed by atoms with Gasteiger partial charge in [-0.25, -0.2) is 0 Å². The largest absolute Gasteiger partial charge is 0.351 e. The Morgan fingerprint density at radius 1 is 0.923 bits per heavy atom. The molecular weight excluding hydrogens is 326 g/mol. The lowest BCUT2D eigenvalue weighted by Crippen LogP contribution is -2.13. The van der Waals surface area contributed by atoms with Crippen LogP contribution in [-0.2, 0) is 6.42 Å². The number of rotatable bonds is 8. The molecule has 6 heteroatoms.